The molecule has 0 unspecified atom stereocenters. The van der Waals surface area contributed by atoms with Gasteiger partial charge in [-0.15, -0.1) is 0 Å². The van der Waals surface area contributed by atoms with E-state index in [4.69, 9.17) is 16.3 Å². The second kappa shape index (κ2) is 4.23. The minimum Gasteiger partial charge on any atom is -0.464 e. The Hall–Kier alpha value is -1.10. The fourth-order valence-electron chi connectivity index (χ4n) is 0.858. The molecule has 0 spiro atoms. The van der Waals surface area contributed by atoms with E-state index in [0.29, 0.717) is 6.61 Å². The first-order valence-corrected chi connectivity index (χ1v) is 4.26. The molecule has 0 aliphatic rings. The highest BCUT2D eigenvalue weighted by atomic mass is 35.5. The Bertz CT molecular complexity index is 300. The number of hydrogen-bond acceptors (Lipinski definition) is 4. The van der Waals surface area contributed by atoms with Crippen LogP contribution in [-0.4, -0.2) is 27.3 Å². The minimum atomic E-state index is -0.532. The van der Waals surface area contributed by atoms with Gasteiger partial charge in [0, 0.05) is 0 Å². The molecule has 1 atom stereocenters. The van der Waals surface area contributed by atoms with Crippen molar-refractivity contribution in [1.29, 1.82) is 0 Å². The normalized spacial score (nSPS) is 12.5. The van der Waals surface area contributed by atoms with E-state index in [-0.39, 0.29) is 11.3 Å². The van der Waals surface area contributed by atoms with Crippen molar-refractivity contribution < 1.29 is 9.53 Å². The first-order chi connectivity index (χ1) is 6.16. The van der Waals surface area contributed by atoms with E-state index in [9.17, 15) is 4.79 Å². The molecule has 6 heteroatoms. The van der Waals surface area contributed by atoms with Crippen molar-refractivity contribution in [2.24, 2.45) is 0 Å². The van der Waals surface area contributed by atoms with E-state index < -0.39 is 6.04 Å². The molecule has 72 valence electrons. The summed E-state index contributed by atoms with van der Waals surface area (Å²) in [6.07, 6.45) is 1.29. The molecule has 5 nitrogen and oxygen atoms in total. The maximum absolute atomic E-state index is 11.2. The molecule has 0 bridgehead atoms. The first kappa shape index (κ1) is 9.98. The van der Waals surface area contributed by atoms with Crippen LogP contribution < -0.4 is 0 Å². The summed E-state index contributed by atoms with van der Waals surface area (Å²) in [6.45, 7) is 3.74. The van der Waals surface area contributed by atoms with Crippen LogP contribution in [0.5, 0.6) is 0 Å². The van der Waals surface area contributed by atoms with Crippen LogP contribution >= 0.6 is 11.6 Å². The molecule has 0 radical (unpaired) electrons. The summed E-state index contributed by atoms with van der Waals surface area (Å²) in [7, 11) is 0. The standard InChI is InChI=1S/C7H10ClN3O2/c1-3-13-6(12)5(2)11-7(8)9-4-10-11/h4-5H,3H2,1-2H3/t5-/m0/s1. The van der Waals surface area contributed by atoms with Gasteiger partial charge in [0.2, 0.25) is 5.28 Å². The highest BCUT2D eigenvalue weighted by molar-refractivity contribution is 6.28. The van der Waals surface area contributed by atoms with Gasteiger partial charge in [0.25, 0.3) is 0 Å². The predicted molar refractivity (Wildman–Crippen MR) is 46.4 cm³/mol. The van der Waals surface area contributed by atoms with Gasteiger partial charge in [-0.25, -0.2) is 14.5 Å². The molecule has 0 fully saturated rings. The van der Waals surface area contributed by atoms with Crippen LogP contribution in [0.25, 0.3) is 0 Å². The van der Waals surface area contributed by atoms with Crippen molar-refractivity contribution in [2.75, 3.05) is 6.61 Å². The number of hydrogen-bond donors (Lipinski definition) is 0. The lowest BCUT2D eigenvalue weighted by Crippen LogP contribution is -2.20. The Balaban J connectivity index is 2.73. The van der Waals surface area contributed by atoms with Crippen molar-refractivity contribution in [2.45, 2.75) is 19.9 Å². The largest absolute Gasteiger partial charge is 0.464 e. The Labute approximate surface area is 80.7 Å². The first-order valence-electron chi connectivity index (χ1n) is 3.88. The number of carbonyl (C=O) groups is 1. The van der Waals surface area contributed by atoms with Gasteiger partial charge >= 0.3 is 5.97 Å². The molecular weight excluding hydrogens is 194 g/mol. The average Bonchev–Trinajstić information content (AvgIpc) is 2.50. The SMILES string of the molecule is CCOC(=O)[C@H](C)n1ncnc1Cl. The molecule has 0 N–H and O–H groups in total. The van der Waals surface area contributed by atoms with Gasteiger partial charge in [-0.05, 0) is 25.4 Å². The Kier molecular flexibility index (Phi) is 3.25. The topological polar surface area (TPSA) is 57.0 Å². The summed E-state index contributed by atoms with van der Waals surface area (Å²) in [4.78, 5) is 14.9. The lowest BCUT2D eigenvalue weighted by molar-refractivity contribution is -0.146. The van der Waals surface area contributed by atoms with Crippen molar-refractivity contribution in [3.05, 3.63) is 11.6 Å². The molecule has 0 saturated carbocycles. The molecule has 13 heavy (non-hydrogen) atoms. The van der Waals surface area contributed by atoms with Crippen LogP contribution in [0.1, 0.15) is 19.9 Å². The van der Waals surface area contributed by atoms with Crippen LogP contribution in [-0.2, 0) is 9.53 Å². The lowest BCUT2D eigenvalue weighted by Gasteiger charge is -2.10. The number of nitrogens with zero attached hydrogens (tertiary/aromatic N) is 3. The Morgan fingerprint density at radius 3 is 3.00 bits per heavy atom. The Morgan fingerprint density at radius 1 is 1.85 bits per heavy atom. The number of carbonyl (C=O) groups excluding carboxylic acids is 1. The number of rotatable bonds is 3. The second-order valence-electron chi connectivity index (χ2n) is 2.40. The summed E-state index contributed by atoms with van der Waals surface area (Å²) in [5, 5.41) is 3.97. The van der Waals surface area contributed by atoms with E-state index in [0.717, 1.165) is 0 Å². The fourth-order valence-corrected chi connectivity index (χ4v) is 1.09. The highest BCUT2D eigenvalue weighted by Gasteiger charge is 2.18. The van der Waals surface area contributed by atoms with Crippen molar-refractivity contribution in [3.63, 3.8) is 0 Å². The van der Waals surface area contributed by atoms with Gasteiger partial charge in [0.15, 0.2) is 0 Å². The van der Waals surface area contributed by atoms with Crippen LogP contribution in [0.2, 0.25) is 5.28 Å². The third-order valence-electron chi connectivity index (χ3n) is 1.52. The summed E-state index contributed by atoms with van der Waals surface area (Å²) in [5.41, 5.74) is 0. The molecule has 0 amide bonds. The van der Waals surface area contributed by atoms with Gasteiger partial charge in [-0.1, -0.05) is 0 Å². The van der Waals surface area contributed by atoms with Crippen LogP contribution in [0.4, 0.5) is 0 Å². The fraction of sp³-hybridized carbons (Fsp3) is 0.571. The molecule has 0 aliphatic heterocycles. The molecule has 1 aromatic heterocycles. The molecule has 0 saturated heterocycles. The maximum Gasteiger partial charge on any atom is 0.330 e. The van der Waals surface area contributed by atoms with Crippen LogP contribution in [0.15, 0.2) is 6.33 Å². The van der Waals surface area contributed by atoms with Gasteiger partial charge < -0.3 is 4.74 Å². The Morgan fingerprint density at radius 2 is 2.54 bits per heavy atom. The molecule has 1 heterocycles. The summed E-state index contributed by atoms with van der Waals surface area (Å²) in [5.74, 6) is -0.366. The van der Waals surface area contributed by atoms with Gasteiger partial charge in [0.05, 0.1) is 6.61 Å². The summed E-state index contributed by atoms with van der Waals surface area (Å²) < 4.78 is 6.10. The summed E-state index contributed by atoms with van der Waals surface area (Å²) >= 11 is 5.66. The zero-order chi connectivity index (χ0) is 9.84. The quantitative estimate of drug-likeness (QED) is 0.690. The second-order valence-corrected chi connectivity index (χ2v) is 2.74. The number of ether oxygens (including phenoxy) is 1. The van der Waals surface area contributed by atoms with E-state index in [1.165, 1.54) is 11.0 Å². The molecule has 1 aromatic rings. The number of aromatic nitrogens is 3. The van der Waals surface area contributed by atoms with E-state index in [2.05, 4.69) is 10.1 Å². The minimum absolute atomic E-state index is 0.181. The zero-order valence-electron chi connectivity index (χ0n) is 7.40. The van der Waals surface area contributed by atoms with Gasteiger partial charge in [0.1, 0.15) is 12.4 Å². The molecule has 0 aliphatic carbocycles. The van der Waals surface area contributed by atoms with Crippen LogP contribution in [0, 0.1) is 0 Å². The maximum atomic E-state index is 11.2. The molecule has 0 aromatic carbocycles. The van der Waals surface area contributed by atoms with E-state index in [1.807, 2.05) is 0 Å². The zero-order valence-corrected chi connectivity index (χ0v) is 8.15. The smallest absolute Gasteiger partial charge is 0.330 e. The van der Waals surface area contributed by atoms with E-state index >= 15 is 0 Å². The number of esters is 1. The lowest BCUT2D eigenvalue weighted by atomic mass is 10.3. The van der Waals surface area contributed by atoms with Gasteiger partial charge in [-0.3, -0.25) is 0 Å². The third kappa shape index (κ3) is 2.18. The van der Waals surface area contributed by atoms with Crippen molar-refractivity contribution in [3.8, 4) is 0 Å². The van der Waals surface area contributed by atoms with Crippen LogP contribution in [0.3, 0.4) is 0 Å². The highest BCUT2D eigenvalue weighted by Crippen LogP contribution is 2.12. The van der Waals surface area contributed by atoms with Crippen molar-refractivity contribution in [1.82, 2.24) is 14.8 Å². The monoisotopic (exact) mass is 203 g/mol. The van der Waals surface area contributed by atoms with Gasteiger partial charge in [-0.2, -0.15) is 5.10 Å². The molecule has 1 rings (SSSR count). The van der Waals surface area contributed by atoms with E-state index in [1.54, 1.807) is 13.8 Å². The van der Waals surface area contributed by atoms with Crippen molar-refractivity contribution >= 4 is 17.6 Å². The average molecular weight is 204 g/mol. The third-order valence-corrected chi connectivity index (χ3v) is 1.79. The summed E-state index contributed by atoms with van der Waals surface area (Å²) in [6, 6.07) is -0.532. The number of halogens is 1. The predicted octanol–water partition coefficient (Wildman–Crippen LogP) is 1.06. The molecular formula is C7H10ClN3O2.